The van der Waals surface area contributed by atoms with E-state index in [0.29, 0.717) is 12.6 Å². The van der Waals surface area contributed by atoms with Crippen LogP contribution in [0.5, 0.6) is 0 Å². The minimum atomic E-state index is 0.119. The van der Waals surface area contributed by atoms with Crippen molar-refractivity contribution in [3.05, 3.63) is 63.9 Å². The Hall–Kier alpha value is -1.68. The number of carbonyl (C=O) groups excluding carboxylic acids is 1. The number of rotatable bonds is 4. The highest BCUT2D eigenvalue weighted by atomic mass is 79.9. The van der Waals surface area contributed by atoms with Crippen LogP contribution < -0.4 is 0 Å². The number of amides is 1. The Morgan fingerprint density at radius 1 is 1.29 bits per heavy atom. The first-order valence-electron chi connectivity index (χ1n) is 7.11. The maximum Gasteiger partial charge on any atom is 0.254 e. The molecule has 1 aliphatic carbocycles. The number of hydrogen-bond donors (Lipinski definition) is 0. The third-order valence-corrected chi connectivity index (χ3v) is 4.27. The van der Waals surface area contributed by atoms with Gasteiger partial charge in [-0.15, -0.1) is 0 Å². The van der Waals surface area contributed by atoms with Crippen molar-refractivity contribution in [2.24, 2.45) is 0 Å². The Labute approximate surface area is 133 Å². The normalized spacial score (nSPS) is 14.0. The molecule has 1 amide bonds. The van der Waals surface area contributed by atoms with Gasteiger partial charge in [0.15, 0.2) is 0 Å². The zero-order chi connectivity index (χ0) is 14.8. The number of aryl methyl sites for hydroxylation is 1. The molecule has 1 fully saturated rings. The second-order valence-corrected chi connectivity index (χ2v) is 6.39. The van der Waals surface area contributed by atoms with E-state index < -0.39 is 0 Å². The topological polar surface area (TPSA) is 33.2 Å². The maximum absolute atomic E-state index is 12.9. The number of aromatic nitrogens is 1. The number of pyridine rings is 1. The molecule has 108 valence electrons. The number of halogens is 1. The predicted octanol–water partition coefficient (Wildman–Crippen LogP) is 3.96. The lowest BCUT2D eigenvalue weighted by molar-refractivity contribution is 0.0729. The summed E-state index contributed by atoms with van der Waals surface area (Å²) in [5, 5.41) is 0. The summed E-state index contributed by atoms with van der Waals surface area (Å²) in [7, 11) is 0. The smallest absolute Gasteiger partial charge is 0.254 e. The van der Waals surface area contributed by atoms with Crippen LogP contribution in [-0.4, -0.2) is 21.8 Å². The number of nitrogens with zero attached hydrogens (tertiary/aromatic N) is 2. The second-order valence-electron chi connectivity index (χ2n) is 5.48. The molecular weight excluding hydrogens is 328 g/mol. The van der Waals surface area contributed by atoms with E-state index in [-0.39, 0.29) is 5.91 Å². The predicted molar refractivity (Wildman–Crippen MR) is 86.0 cm³/mol. The van der Waals surface area contributed by atoms with Gasteiger partial charge in [-0.05, 0) is 55.2 Å². The first-order chi connectivity index (χ1) is 10.1. The van der Waals surface area contributed by atoms with E-state index in [9.17, 15) is 4.79 Å². The van der Waals surface area contributed by atoms with E-state index in [1.165, 1.54) is 0 Å². The zero-order valence-electron chi connectivity index (χ0n) is 11.9. The quantitative estimate of drug-likeness (QED) is 0.840. The van der Waals surface area contributed by atoms with Gasteiger partial charge in [-0.1, -0.05) is 22.0 Å². The summed E-state index contributed by atoms with van der Waals surface area (Å²) in [5.74, 6) is 0.119. The van der Waals surface area contributed by atoms with Crippen molar-refractivity contribution in [3.63, 3.8) is 0 Å². The van der Waals surface area contributed by atoms with Gasteiger partial charge in [-0.2, -0.15) is 0 Å². The first kappa shape index (κ1) is 14.3. The molecule has 0 aliphatic heterocycles. The largest absolute Gasteiger partial charge is 0.331 e. The van der Waals surface area contributed by atoms with Gasteiger partial charge in [0.1, 0.15) is 0 Å². The van der Waals surface area contributed by atoms with Crippen molar-refractivity contribution >= 4 is 21.8 Å². The maximum atomic E-state index is 12.9. The van der Waals surface area contributed by atoms with Crippen molar-refractivity contribution < 1.29 is 4.79 Å². The van der Waals surface area contributed by atoms with Crippen LogP contribution in [0, 0.1) is 6.92 Å². The molecule has 1 aliphatic rings. The lowest BCUT2D eigenvalue weighted by Gasteiger charge is -2.23. The number of benzene rings is 1. The van der Waals surface area contributed by atoms with E-state index in [0.717, 1.165) is 34.0 Å². The van der Waals surface area contributed by atoms with Gasteiger partial charge in [0, 0.05) is 35.0 Å². The molecule has 2 aromatic rings. The van der Waals surface area contributed by atoms with Crippen LogP contribution in [0.3, 0.4) is 0 Å². The van der Waals surface area contributed by atoms with E-state index >= 15 is 0 Å². The lowest BCUT2D eigenvalue weighted by Crippen LogP contribution is -2.33. The fourth-order valence-electron chi connectivity index (χ4n) is 2.42. The molecule has 0 bridgehead atoms. The van der Waals surface area contributed by atoms with Crippen molar-refractivity contribution in [3.8, 4) is 0 Å². The fourth-order valence-corrected chi connectivity index (χ4v) is 2.78. The molecule has 1 aromatic heterocycles. The summed E-state index contributed by atoms with van der Waals surface area (Å²) in [6.07, 6.45) is 5.75. The summed E-state index contributed by atoms with van der Waals surface area (Å²) in [4.78, 5) is 18.9. The molecule has 0 radical (unpaired) electrons. The van der Waals surface area contributed by atoms with Gasteiger partial charge in [0.2, 0.25) is 0 Å². The first-order valence-corrected chi connectivity index (χ1v) is 7.90. The molecule has 1 saturated carbocycles. The van der Waals surface area contributed by atoms with Gasteiger partial charge in [0.25, 0.3) is 5.91 Å². The van der Waals surface area contributed by atoms with Crippen LogP contribution in [0.1, 0.15) is 34.3 Å². The standard InChI is InChI=1S/C17H17BrN2O/c1-12-2-3-14(18)10-16(12)17(21)20(15-4-5-15)11-13-6-8-19-9-7-13/h2-3,6-10,15H,4-5,11H2,1H3. The van der Waals surface area contributed by atoms with Gasteiger partial charge in [-0.25, -0.2) is 0 Å². The third kappa shape index (κ3) is 3.32. The molecule has 3 rings (SSSR count). The average Bonchev–Trinajstić information content (AvgIpc) is 3.32. The van der Waals surface area contributed by atoms with E-state index in [2.05, 4.69) is 20.9 Å². The summed E-state index contributed by atoms with van der Waals surface area (Å²) >= 11 is 3.45. The number of hydrogen-bond acceptors (Lipinski definition) is 2. The minimum absolute atomic E-state index is 0.119. The molecule has 0 spiro atoms. The zero-order valence-corrected chi connectivity index (χ0v) is 13.5. The minimum Gasteiger partial charge on any atom is -0.331 e. The molecule has 1 aromatic carbocycles. The molecule has 0 saturated heterocycles. The van der Waals surface area contributed by atoms with Crippen molar-refractivity contribution in [1.82, 2.24) is 9.88 Å². The second kappa shape index (κ2) is 5.98. The molecule has 0 atom stereocenters. The summed E-state index contributed by atoms with van der Waals surface area (Å²) < 4.78 is 0.941. The Morgan fingerprint density at radius 2 is 2.00 bits per heavy atom. The molecule has 4 heteroatoms. The van der Waals surface area contributed by atoms with E-state index in [4.69, 9.17) is 0 Å². The number of carbonyl (C=O) groups is 1. The highest BCUT2D eigenvalue weighted by molar-refractivity contribution is 9.10. The van der Waals surface area contributed by atoms with Crippen molar-refractivity contribution in [2.45, 2.75) is 32.4 Å². The van der Waals surface area contributed by atoms with Gasteiger partial charge in [-0.3, -0.25) is 9.78 Å². The van der Waals surface area contributed by atoms with Crippen LogP contribution in [0.15, 0.2) is 47.2 Å². The monoisotopic (exact) mass is 344 g/mol. The molecule has 21 heavy (non-hydrogen) atoms. The van der Waals surface area contributed by atoms with Gasteiger partial charge >= 0.3 is 0 Å². The Morgan fingerprint density at radius 3 is 2.67 bits per heavy atom. The van der Waals surface area contributed by atoms with Crippen LogP contribution in [0.4, 0.5) is 0 Å². The van der Waals surface area contributed by atoms with Gasteiger partial charge < -0.3 is 4.90 Å². The molecule has 0 unspecified atom stereocenters. The molecule has 3 nitrogen and oxygen atoms in total. The van der Waals surface area contributed by atoms with Gasteiger partial charge in [0.05, 0.1) is 0 Å². The van der Waals surface area contributed by atoms with Crippen molar-refractivity contribution in [1.29, 1.82) is 0 Å². The van der Waals surface area contributed by atoms with Crippen LogP contribution in [0.25, 0.3) is 0 Å². The summed E-state index contributed by atoms with van der Waals surface area (Å²) in [6.45, 7) is 2.63. The third-order valence-electron chi connectivity index (χ3n) is 3.78. The average molecular weight is 345 g/mol. The van der Waals surface area contributed by atoms with E-state index in [1.54, 1.807) is 12.4 Å². The highest BCUT2D eigenvalue weighted by Crippen LogP contribution is 2.30. The molecule has 0 N–H and O–H groups in total. The summed E-state index contributed by atoms with van der Waals surface area (Å²) in [6, 6.07) is 10.2. The fraction of sp³-hybridized carbons (Fsp3) is 0.294. The molecular formula is C17H17BrN2O. The van der Waals surface area contributed by atoms with Crippen molar-refractivity contribution in [2.75, 3.05) is 0 Å². The van der Waals surface area contributed by atoms with E-state index in [1.807, 2.05) is 42.2 Å². The highest BCUT2D eigenvalue weighted by Gasteiger charge is 2.33. The Balaban J connectivity index is 1.87. The molecule has 1 heterocycles. The van der Waals surface area contributed by atoms with Crippen LogP contribution in [0.2, 0.25) is 0 Å². The van der Waals surface area contributed by atoms with Crippen LogP contribution >= 0.6 is 15.9 Å². The Bertz CT molecular complexity index is 653. The summed E-state index contributed by atoms with van der Waals surface area (Å²) in [5.41, 5.74) is 2.92. The van der Waals surface area contributed by atoms with Crippen LogP contribution in [-0.2, 0) is 6.54 Å². The lowest BCUT2D eigenvalue weighted by atomic mass is 10.1. The SMILES string of the molecule is Cc1ccc(Br)cc1C(=O)N(Cc1ccncc1)C1CC1. The Kier molecular flexibility index (Phi) is 4.06.